The summed E-state index contributed by atoms with van der Waals surface area (Å²) in [4.78, 5) is 12.2. The molecular formula is C17H17NO3. The van der Waals surface area contributed by atoms with Crippen molar-refractivity contribution in [1.29, 1.82) is 0 Å². The highest BCUT2D eigenvalue weighted by molar-refractivity contribution is 6.03. The van der Waals surface area contributed by atoms with E-state index in [-0.39, 0.29) is 11.8 Å². The van der Waals surface area contributed by atoms with Crippen molar-refractivity contribution in [3.63, 3.8) is 0 Å². The fraction of sp³-hybridized carbons (Fsp3) is 0.235. The molecule has 4 heteroatoms. The second-order valence-corrected chi connectivity index (χ2v) is 4.99. The van der Waals surface area contributed by atoms with E-state index in [2.05, 4.69) is 5.32 Å². The third-order valence-electron chi connectivity index (χ3n) is 3.82. The molecule has 0 spiro atoms. The van der Waals surface area contributed by atoms with Crippen molar-refractivity contribution in [2.75, 3.05) is 19.5 Å². The van der Waals surface area contributed by atoms with Gasteiger partial charge in [-0.05, 0) is 29.7 Å². The summed E-state index contributed by atoms with van der Waals surface area (Å²) in [7, 11) is 3.23. The maximum absolute atomic E-state index is 12.2. The lowest BCUT2D eigenvalue weighted by Crippen LogP contribution is -2.14. The number of anilines is 1. The van der Waals surface area contributed by atoms with Crippen LogP contribution in [0, 0.1) is 0 Å². The van der Waals surface area contributed by atoms with E-state index in [4.69, 9.17) is 9.47 Å². The minimum atomic E-state index is -0.192. The highest BCUT2D eigenvalue weighted by Gasteiger charge is 2.31. The van der Waals surface area contributed by atoms with E-state index in [9.17, 15) is 4.79 Å². The number of carbonyl (C=O) groups is 1. The number of fused-ring (bicyclic) bond motifs is 1. The summed E-state index contributed by atoms with van der Waals surface area (Å²) in [5.41, 5.74) is 2.90. The highest BCUT2D eigenvalue weighted by Crippen LogP contribution is 2.38. The second-order valence-electron chi connectivity index (χ2n) is 4.99. The van der Waals surface area contributed by atoms with Gasteiger partial charge in [0.25, 0.3) is 0 Å². The van der Waals surface area contributed by atoms with Gasteiger partial charge in [0.15, 0.2) is 11.5 Å². The number of carbonyl (C=O) groups excluding carboxylic acids is 1. The number of amides is 1. The van der Waals surface area contributed by atoms with Gasteiger partial charge in [0.1, 0.15) is 0 Å². The van der Waals surface area contributed by atoms with Gasteiger partial charge in [0.2, 0.25) is 5.91 Å². The first-order chi connectivity index (χ1) is 10.2. The minimum absolute atomic E-state index is 0.0288. The number of hydrogen-bond acceptors (Lipinski definition) is 3. The number of hydrogen-bond donors (Lipinski definition) is 1. The smallest absolute Gasteiger partial charge is 0.232 e. The number of ether oxygens (including phenoxy) is 2. The van der Waals surface area contributed by atoms with Crippen LogP contribution in [0.25, 0.3) is 0 Å². The molecule has 1 aliphatic heterocycles. The van der Waals surface area contributed by atoms with Crippen molar-refractivity contribution >= 4 is 11.6 Å². The molecule has 1 atom stereocenters. The van der Waals surface area contributed by atoms with Crippen LogP contribution in [0.1, 0.15) is 17.0 Å². The van der Waals surface area contributed by atoms with E-state index in [1.807, 2.05) is 42.5 Å². The van der Waals surface area contributed by atoms with Crippen LogP contribution >= 0.6 is 0 Å². The largest absolute Gasteiger partial charge is 0.493 e. The van der Waals surface area contributed by atoms with Crippen LogP contribution in [-0.4, -0.2) is 20.1 Å². The van der Waals surface area contributed by atoms with Gasteiger partial charge in [-0.3, -0.25) is 4.79 Å². The molecule has 0 bridgehead atoms. The number of rotatable bonds is 4. The van der Waals surface area contributed by atoms with Gasteiger partial charge in [-0.2, -0.15) is 0 Å². The summed E-state index contributed by atoms with van der Waals surface area (Å²) in [6.07, 6.45) is 0.587. The Balaban J connectivity index is 1.96. The first-order valence-electron chi connectivity index (χ1n) is 6.84. The standard InChI is InChI=1S/C17H17NO3/c1-20-15-9-5-6-11(16(15)21-2)10-13-12-7-3-4-8-14(12)18-17(13)19/h3-9,13H,10H2,1-2H3,(H,18,19)/t13-/m0/s1. The predicted molar refractivity (Wildman–Crippen MR) is 81.1 cm³/mol. The van der Waals surface area contributed by atoms with Gasteiger partial charge in [-0.1, -0.05) is 30.3 Å². The SMILES string of the molecule is COc1cccc(C[C@@H]2C(=O)Nc3ccccc32)c1OC. The lowest BCUT2D eigenvalue weighted by molar-refractivity contribution is -0.117. The van der Waals surface area contributed by atoms with Crippen LogP contribution in [-0.2, 0) is 11.2 Å². The summed E-state index contributed by atoms with van der Waals surface area (Å²) in [5.74, 6) is 1.21. The third kappa shape index (κ3) is 2.33. The Kier molecular flexibility index (Phi) is 3.52. The lowest BCUT2D eigenvalue weighted by Gasteiger charge is -2.15. The van der Waals surface area contributed by atoms with Crippen LogP contribution in [0.5, 0.6) is 11.5 Å². The Morgan fingerprint density at radius 1 is 1.05 bits per heavy atom. The zero-order chi connectivity index (χ0) is 14.8. The van der Waals surface area contributed by atoms with Crippen molar-refractivity contribution in [2.24, 2.45) is 0 Å². The maximum atomic E-state index is 12.2. The van der Waals surface area contributed by atoms with Crippen molar-refractivity contribution in [2.45, 2.75) is 12.3 Å². The van der Waals surface area contributed by atoms with E-state index in [0.717, 1.165) is 16.8 Å². The van der Waals surface area contributed by atoms with Gasteiger partial charge in [0, 0.05) is 5.69 Å². The Bertz CT molecular complexity index is 681. The summed E-state index contributed by atoms with van der Waals surface area (Å²) < 4.78 is 10.8. The van der Waals surface area contributed by atoms with Crippen molar-refractivity contribution in [1.82, 2.24) is 0 Å². The monoisotopic (exact) mass is 283 g/mol. The molecule has 0 aromatic heterocycles. The van der Waals surface area contributed by atoms with Crippen LogP contribution in [0.2, 0.25) is 0 Å². The van der Waals surface area contributed by atoms with Crippen molar-refractivity contribution < 1.29 is 14.3 Å². The topological polar surface area (TPSA) is 47.6 Å². The second kappa shape index (κ2) is 5.48. The molecule has 1 N–H and O–H groups in total. The van der Waals surface area contributed by atoms with Crippen LogP contribution < -0.4 is 14.8 Å². The van der Waals surface area contributed by atoms with Gasteiger partial charge in [-0.15, -0.1) is 0 Å². The minimum Gasteiger partial charge on any atom is -0.493 e. The zero-order valence-corrected chi connectivity index (χ0v) is 12.1. The molecule has 3 rings (SSSR count). The molecule has 0 radical (unpaired) electrons. The average Bonchev–Trinajstić information content (AvgIpc) is 2.83. The Labute approximate surface area is 123 Å². The van der Waals surface area contributed by atoms with Gasteiger partial charge in [-0.25, -0.2) is 0 Å². The fourth-order valence-electron chi connectivity index (χ4n) is 2.81. The first-order valence-corrected chi connectivity index (χ1v) is 6.84. The summed E-state index contributed by atoms with van der Waals surface area (Å²) in [5, 5.41) is 2.92. The Morgan fingerprint density at radius 3 is 2.62 bits per heavy atom. The quantitative estimate of drug-likeness (QED) is 0.938. The number of benzene rings is 2. The zero-order valence-electron chi connectivity index (χ0n) is 12.1. The van der Waals surface area contributed by atoms with Gasteiger partial charge < -0.3 is 14.8 Å². The van der Waals surface area contributed by atoms with Crippen LogP contribution in [0.4, 0.5) is 5.69 Å². The average molecular weight is 283 g/mol. The summed E-state index contributed by atoms with van der Waals surface area (Å²) in [6, 6.07) is 13.5. The van der Waals surface area contributed by atoms with Crippen molar-refractivity contribution in [3.05, 3.63) is 53.6 Å². The molecule has 1 amide bonds. The van der Waals surface area contributed by atoms with Crippen LogP contribution in [0.3, 0.4) is 0 Å². The maximum Gasteiger partial charge on any atom is 0.232 e. The first kappa shape index (κ1) is 13.5. The third-order valence-corrected chi connectivity index (χ3v) is 3.82. The number of nitrogens with one attached hydrogen (secondary N) is 1. The molecule has 2 aromatic rings. The molecule has 0 saturated heterocycles. The molecule has 0 saturated carbocycles. The molecule has 108 valence electrons. The molecule has 1 heterocycles. The predicted octanol–water partition coefficient (Wildman–Crippen LogP) is 2.98. The molecule has 4 nitrogen and oxygen atoms in total. The molecule has 0 fully saturated rings. The molecule has 2 aromatic carbocycles. The highest BCUT2D eigenvalue weighted by atomic mass is 16.5. The van der Waals surface area contributed by atoms with E-state index in [1.54, 1.807) is 14.2 Å². The number of methoxy groups -OCH3 is 2. The molecular weight excluding hydrogens is 266 g/mol. The van der Waals surface area contributed by atoms with Gasteiger partial charge in [0.05, 0.1) is 20.1 Å². The molecule has 0 aliphatic carbocycles. The van der Waals surface area contributed by atoms with E-state index < -0.39 is 0 Å². The Morgan fingerprint density at radius 2 is 1.86 bits per heavy atom. The van der Waals surface area contributed by atoms with E-state index in [1.165, 1.54) is 0 Å². The number of para-hydroxylation sites is 2. The fourth-order valence-corrected chi connectivity index (χ4v) is 2.81. The summed E-state index contributed by atoms with van der Waals surface area (Å²) in [6.45, 7) is 0. The molecule has 1 aliphatic rings. The van der Waals surface area contributed by atoms with E-state index in [0.29, 0.717) is 17.9 Å². The molecule has 21 heavy (non-hydrogen) atoms. The van der Waals surface area contributed by atoms with Gasteiger partial charge >= 0.3 is 0 Å². The molecule has 0 unspecified atom stereocenters. The normalized spacial score (nSPS) is 16.3. The Hall–Kier alpha value is -2.49. The summed E-state index contributed by atoms with van der Waals surface area (Å²) >= 11 is 0. The van der Waals surface area contributed by atoms with E-state index >= 15 is 0 Å². The lowest BCUT2D eigenvalue weighted by atomic mass is 9.92. The van der Waals surface area contributed by atoms with Crippen molar-refractivity contribution in [3.8, 4) is 11.5 Å². The van der Waals surface area contributed by atoms with Crippen LogP contribution in [0.15, 0.2) is 42.5 Å².